The van der Waals surface area contributed by atoms with E-state index >= 15 is 0 Å². The van der Waals surface area contributed by atoms with Gasteiger partial charge in [0.05, 0.1) is 37.3 Å². The zero-order chi connectivity index (χ0) is 29.6. The van der Waals surface area contributed by atoms with Crippen LogP contribution in [0.1, 0.15) is 34.1 Å². The zero-order valence-electron chi connectivity index (χ0n) is 23.8. The van der Waals surface area contributed by atoms with E-state index in [-0.39, 0.29) is 21.7 Å². The first-order chi connectivity index (χ1) is 20.3. The fourth-order valence-electron chi connectivity index (χ4n) is 6.02. The van der Waals surface area contributed by atoms with E-state index < -0.39 is 12.1 Å². The summed E-state index contributed by atoms with van der Waals surface area (Å²) in [6.45, 7) is 3.88. The van der Waals surface area contributed by atoms with Crippen molar-refractivity contribution in [3.8, 4) is 0 Å². The molecule has 0 spiro atoms. The summed E-state index contributed by atoms with van der Waals surface area (Å²) in [6.07, 6.45) is 7.25. The number of aryl methyl sites for hydroxylation is 2. The lowest BCUT2D eigenvalue weighted by molar-refractivity contribution is -0.521. The van der Waals surface area contributed by atoms with Gasteiger partial charge in [0.15, 0.2) is 0 Å². The van der Waals surface area contributed by atoms with E-state index in [0.29, 0.717) is 26.2 Å². The molecular formula is C30H36N8O4. The Morgan fingerprint density at radius 3 is 1.36 bits per heavy atom. The topological polar surface area (TPSA) is 128 Å². The summed E-state index contributed by atoms with van der Waals surface area (Å²) < 4.78 is 3.40. The van der Waals surface area contributed by atoms with Crippen LogP contribution >= 0.6 is 0 Å². The van der Waals surface area contributed by atoms with Gasteiger partial charge in [-0.3, -0.25) is 39.4 Å². The molecule has 0 radical (unpaired) electrons. The van der Waals surface area contributed by atoms with Crippen LogP contribution in [0.2, 0.25) is 0 Å². The normalized spacial score (nSPS) is 22.5. The van der Waals surface area contributed by atoms with E-state index in [2.05, 4.69) is 44.3 Å². The molecule has 2 saturated heterocycles. The second-order valence-corrected chi connectivity index (χ2v) is 11.2. The molecule has 6 rings (SSSR count). The highest BCUT2D eigenvalue weighted by molar-refractivity contribution is 5.20. The van der Waals surface area contributed by atoms with Crippen molar-refractivity contribution in [1.82, 2.24) is 29.4 Å². The Hall–Kier alpha value is -4.42. The van der Waals surface area contributed by atoms with Gasteiger partial charge in [0.1, 0.15) is 0 Å². The van der Waals surface area contributed by atoms with Crippen LogP contribution in [0, 0.1) is 20.2 Å². The van der Waals surface area contributed by atoms with Gasteiger partial charge in [-0.05, 0) is 11.1 Å². The van der Waals surface area contributed by atoms with Crippen molar-refractivity contribution in [2.75, 3.05) is 26.2 Å². The van der Waals surface area contributed by atoms with Crippen LogP contribution in [0.5, 0.6) is 0 Å². The molecule has 0 aliphatic carbocycles. The number of likely N-dealkylation sites (tertiary alicyclic amines) is 2. The molecule has 4 atom stereocenters. The highest BCUT2D eigenvalue weighted by Crippen LogP contribution is 2.31. The Balaban J connectivity index is 0.000000168. The third-order valence-electron chi connectivity index (χ3n) is 8.07. The van der Waals surface area contributed by atoms with Crippen molar-refractivity contribution in [1.29, 1.82) is 0 Å². The predicted molar refractivity (Wildman–Crippen MR) is 157 cm³/mol. The number of hydrogen-bond acceptors (Lipinski definition) is 8. The van der Waals surface area contributed by atoms with Crippen molar-refractivity contribution in [3.63, 3.8) is 0 Å². The number of benzene rings is 2. The van der Waals surface area contributed by atoms with Crippen LogP contribution in [-0.2, 0) is 27.2 Å². The van der Waals surface area contributed by atoms with Gasteiger partial charge < -0.3 is 0 Å². The molecule has 2 fully saturated rings. The van der Waals surface area contributed by atoms with Gasteiger partial charge in [0.25, 0.3) is 0 Å². The molecule has 2 aliphatic rings. The molecular weight excluding hydrogens is 536 g/mol. The van der Waals surface area contributed by atoms with Crippen molar-refractivity contribution < 1.29 is 9.85 Å². The zero-order valence-corrected chi connectivity index (χ0v) is 23.8. The Morgan fingerprint density at radius 2 is 1.05 bits per heavy atom. The van der Waals surface area contributed by atoms with Crippen molar-refractivity contribution in [2.45, 2.75) is 37.0 Å². The Bertz CT molecular complexity index is 1360. The molecule has 12 nitrogen and oxygen atoms in total. The molecule has 4 aromatic rings. The quantitative estimate of drug-likeness (QED) is 0.232. The van der Waals surface area contributed by atoms with E-state index in [9.17, 15) is 20.2 Å². The van der Waals surface area contributed by atoms with Gasteiger partial charge in [-0.15, -0.1) is 0 Å². The third kappa shape index (κ3) is 7.07. The van der Waals surface area contributed by atoms with Crippen LogP contribution in [-0.4, -0.2) is 77.5 Å². The summed E-state index contributed by atoms with van der Waals surface area (Å²) in [7, 11) is 3.67. The smallest absolute Gasteiger partial charge is 0.233 e. The molecule has 42 heavy (non-hydrogen) atoms. The average Bonchev–Trinajstić information content (AvgIpc) is 3.77. The number of rotatable bonds is 8. The number of nitrogens with zero attached hydrogens (tertiary/aromatic N) is 8. The number of hydrogen-bond donors (Lipinski definition) is 0. The molecule has 4 heterocycles. The maximum atomic E-state index is 11.3. The van der Waals surface area contributed by atoms with Gasteiger partial charge >= 0.3 is 0 Å². The molecule has 0 saturated carbocycles. The van der Waals surface area contributed by atoms with E-state index in [1.807, 2.05) is 62.9 Å². The third-order valence-corrected chi connectivity index (χ3v) is 8.07. The first-order valence-electron chi connectivity index (χ1n) is 14.0. The molecule has 2 aliphatic heterocycles. The van der Waals surface area contributed by atoms with Crippen molar-refractivity contribution >= 4 is 0 Å². The molecule has 2 aromatic heterocycles. The van der Waals surface area contributed by atoms with Gasteiger partial charge in [-0.1, -0.05) is 60.7 Å². The minimum absolute atomic E-state index is 0.0857. The minimum atomic E-state index is -0.557. The van der Waals surface area contributed by atoms with Crippen LogP contribution < -0.4 is 0 Å². The summed E-state index contributed by atoms with van der Waals surface area (Å²) >= 11 is 0. The molecule has 220 valence electrons. The largest absolute Gasteiger partial charge is 0.292 e. The highest BCUT2D eigenvalue weighted by Gasteiger charge is 2.43. The average molecular weight is 573 g/mol. The minimum Gasteiger partial charge on any atom is -0.292 e. The molecule has 2 aromatic carbocycles. The van der Waals surface area contributed by atoms with Gasteiger partial charge in [0.2, 0.25) is 12.1 Å². The second-order valence-electron chi connectivity index (χ2n) is 11.2. The van der Waals surface area contributed by atoms with Crippen LogP contribution in [0.4, 0.5) is 0 Å². The molecule has 0 bridgehead atoms. The van der Waals surface area contributed by atoms with Crippen LogP contribution in [0.3, 0.4) is 0 Å². The van der Waals surface area contributed by atoms with Crippen molar-refractivity contribution in [2.24, 2.45) is 14.1 Å². The van der Waals surface area contributed by atoms with Crippen molar-refractivity contribution in [3.05, 3.63) is 128 Å². The Kier molecular flexibility index (Phi) is 9.03. The van der Waals surface area contributed by atoms with E-state index in [1.165, 1.54) is 11.1 Å². The first kappa shape index (κ1) is 29.1. The maximum absolute atomic E-state index is 11.3. The highest BCUT2D eigenvalue weighted by atomic mass is 16.6. The lowest BCUT2D eigenvalue weighted by Crippen LogP contribution is -2.27. The summed E-state index contributed by atoms with van der Waals surface area (Å²) in [6, 6.07) is 19.0. The van der Waals surface area contributed by atoms with E-state index in [4.69, 9.17) is 0 Å². The van der Waals surface area contributed by atoms with Gasteiger partial charge in [-0.25, -0.2) is 0 Å². The van der Waals surface area contributed by atoms with E-state index in [1.54, 1.807) is 21.8 Å². The molecule has 0 unspecified atom stereocenters. The summed E-state index contributed by atoms with van der Waals surface area (Å²) in [5, 5.41) is 31.0. The summed E-state index contributed by atoms with van der Waals surface area (Å²) in [4.78, 5) is 26.7. The predicted octanol–water partition coefficient (Wildman–Crippen LogP) is 3.33. The summed E-state index contributed by atoms with van der Waals surface area (Å²) in [5.74, 6) is -0.171. The fourth-order valence-corrected chi connectivity index (χ4v) is 6.02. The lowest BCUT2D eigenvalue weighted by Gasteiger charge is -2.14. The number of nitro groups is 2. The molecule has 0 amide bonds. The molecule has 0 N–H and O–H groups in total. The molecule has 12 heteroatoms. The monoisotopic (exact) mass is 572 g/mol. The van der Waals surface area contributed by atoms with Gasteiger partial charge in [0, 0.05) is 73.6 Å². The van der Waals surface area contributed by atoms with E-state index in [0.717, 1.165) is 24.2 Å². The Morgan fingerprint density at radius 1 is 0.667 bits per heavy atom. The Labute approximate surface area is 244 Å². The van der Waals surface area contributed by atoms with Gasteiger partial charge in [-0.2, -0.15) is 10.2 Å². The SMILES string of the molecule is Cn1cc([C@@H]2CN(Cc3ccccc3)C[C@H]2[N+](=O)[O-])cn1.Cn1cc([C@H]2CN(Cc3ccccc3)C[C@@H]2[N+](=O)[O-])cn1. The second kappa shape index (κ2) is 13.0. The number of aromatic nitrogens is 4. The van der Waals surface area contributed by atoms with Crippen LogP contribution in [0.25, 0.3) is 0 Å². The maximum Gasteiger partial charge on any atom is 0.233 e. The summed E-state index contributed by atoms with van der Waals surface area (Å²) in [5.41, 5.74) is 4.28. The first-order valence-corrected chi connectivity index (χ1v) is 14.0. The van der Waals surface area contributed by atoms with Crippen LogP contribution in [0.15, 0.2) is 85.5 Å². The standard InChI is InChI=1S/2C15H18N4O2/c2*1-17-9-13(7-16-17)14-10-18(11-15(14)19(20)21)8-12-5-3-2-4-6-12/h2*2-7,9,14-15H,8,10-11H2,1H3/t2*14-,15+/m10/s1. The fraction of sp³-hybridized carbons (Fsp3) is 0.400. The lowest BCUT2D eigenvalue weighted by atomic mass is 9.98.